The number of rotatable bonds is 5. The van der Waals surface area contributed by atoms with Gasteiger partial charge in [0.15, 0.2) is 11.5 Å². The molecule has 0 saturated heterocycles. The van der Waals surface area contributed by atoms with Crippen LogP contribution in [0.15, 0.2) is 53.8 Å². The van der Waals surface area contributed by atoms with Crippen LogP contribution in [0.1, 0.15) is 25.2 Å². The Hall–Kier alpha value is -4.28. The summed E-state index contributed by atoms with van der Waals surface area (Å²) < 4.78 is 43.3. The van der Waals surface area contributed by atoms with E-state index in [-0.39, 0.29) is 22.4 Å². The molecule has 2 aromatic carbocycles. The summed E-state index contributed by atoms with van der Waals surface area (Å²) in [4.78, 5) is 33.4. The molecule has 0 aliphatic heterocycles. The summed E-state index contributed by atoms with van der Waals surface area (Å²) in [5.41, 5.74) is 0.325. The summed E-state index contributed by atoms with van der Waals surface area (Å²) in [6.45, 7) is 1.84. The molecule has 3 heterocycles. The zero-order valence-electron chi connectivity index (χ0n) is 17.2. The number of H-pyrrole nitrogens is 1. The van der Waals surface area contributed by atoms with Gasteiger partial charge >= 0.3 is 0 Å². The standard InChI is InChI=1S/C22H16F3N7O/c1-2-15(30-20-18-19(27-9-26-18)28-10-29-20)21-31-16-5-3-11(23)7-13(16)22(33)32(21)17-6-4-12(24)8-14(17)25/h3-10,15H,2H2,1H3,(H2,26,27,28,29,30). The van der Waals surface area contributed by atoms with E-state index in [4.69, 9.17) is 0 Å². The lowest BCUT2D eigenvalue weighted by Crippen LogP contribution is -2.29. The summed E-state index contributed by atoms with van der Waals surface area (Å²) in [5.74, 6) is -1.85. The van der Waals surface area contributed by atoms with E-state index in [1.165, 1.54) is 24.8 Å². The first-order chi connectivity index (χ1) is 16.0. The SMILES string of the molecule is CCC(Nc1ncnc2[nH]cnc12)c1nc2ccc(F)cc2c(=O)n1-c1ccc(F)cc1F. The van der Waals surface area contributed by atoms with Gasteiger partial charge in [-0.05, 0) is 36.8 Å². The molecule has 0 aliphatic rings. The number of imidazole rings is 1. The second kappa shape index (κ2) is 8.01. The van der Waals surface area contributed by atoms with Gasteiger partial charge in [0.2, 0.25) is 0 Å². The Morgan fingerprint density at radius 1 is 1.06 bits per heavy atom. The number of aromatic amines is 1. The zero-order valence-corrected chi connectivity index (χ0v) is 17.2. The molecule has 5 rings (SSSR count). The van der Waals surface area contributed by atoms with Crippen LogP contribution in [-0.4, -0.2) is 29.5 Å². The van der Waals surface area contributed by atoms with E-state index in [1.54, 1.807) is 0 Å². The molecule has 0 aliphatic carbocycles. The smallest absolute Gasteiger partial charge is 0.266 e. The lowest BCUT2D eigenvalue weighted by molar-refractivity contribution is 0.569. The van der Waals surface area contributed by atoms with Gasteiger partial charge < -0.3 is 10.3 Å². The van der Waals surface area contributed by atoms with Crippen LogP contribution in [0, 0.1) is 17.5 Å². The molecule has 2 N–H and O–H groups in total. The van der Waals surface area contributed by atoms with Crippen LogP contribution < -0.4 is 10.9 Å². The minimum absolute atomic E-state index is 0.0333. The average molecular weight is 451 g/mol. The van der Waals surface area contributed by atoms with E-state index < -0.39 is 29.1 Å². The zero-order chi connectivity index (χ0) is 23.1. The van der Waals surface area contributed by atoms with Crippen molar-refractivity contribution in [1.29, 1.82) is 0 Å². The number of nitrogens with one attached hydrogen (secondary N) is 2. The monoisotopic (exact) mass is 451 g/mol. The number of benzene rings is 2. The topological polar surface area (TPSA) is 101 Å². The number of anilines is 1. The summed E-state index contributed by atoms with van der Waals surface area (Å²) in [6.07, 6.45) is 3.23. The Bertz CT molecular complexity index is 1560. The number of aromatic nitrogens is 6. The molecule has 0 radical (unpaired) electrons. The van der Waals surface area contributed by atoms with E-state index >= 15 is 0 Å². The van der Waals surface area contributed by atoms with Gasteiger partial charge in [0, 0.05) is 6.07 Å². The molecule has 0 saturated carbocycles. The average Bonchev–Trinajstić information content (AvgIpc) is 3.28. The van der Waals surface area contributed by atoms with E-state index in [0.29, 0.717) is 29.5 Å². The highest BCUT2D eigenvalue weighted by Crippen LogP contribution is 2.27. The quantitative estimate of drug-likeness (QED) is 0.418. The van der Waals surface area contributed by atoms with Gasteiger partial charge in [-0.3, -0.25) is 9.36 Å². The van der Waals surface area contributed by atoms with Gasteiger partial charge in [0.05, 0.1) is 29.0 Å². The van der Waals surface area contributed by atoms with Crippen molar-refractivity contribution < 1.29 is 13.2 Å². The van der Waals surface area contributed by atoms with Crippen LogP contribution in [-0.2, 0) is 0 Å². The molecule has 0 amide bonds. The minimum Gasteiger partial charge on any atom is -0.358 e. The van der Waals surface area contributed by atoms with Gasteiger partial charge in [0.25, 0.3) is 5.56 Å². The maximum atomic E-state index is 14.8. The Kier molecular flexibility index (Phi) is 5.00. The van der Waals surface area contributed by atoms with Crippen molar-refractivity contribution in [3.05, 3.63) is 82.7 Å². The summed E-state index contributed by atoms with van der Waals surface area (Å²) >= 11 is 0. The predicted molar refractivity (Wildman–Crippen MR) is 116 cm³/mol. The normalized spacial score (nSPS) is 12.4. The third kappa shape index (κ3) is 3.56. The lowest BCUT2D eigenvalue weighted by Gasteiger charge is -2.22. The molecule has 33 heavy (non-hydrogen) atoms. The molecule has 5 aromatic rings. The highest BCUT2D eigenvalue weighted by molar-refractivity contribution is 5.82. The van der Waals surface area contributed by atoms with Crippen molar-refractivity contribution in [1.82, 2.24) is 29.5 Å². The highest BCUT2D eigenvalue weighted by Gasteiger charge is 2.23. The molecule has 166 valence electrons. The number of hydrogen-bond donors (Lipinski definition) is 2. The third-order valence-electron chi connectivity index (χ3n) is 5.25. The Labute approximate surface area is 184 Å². The third-order valence-corrected chi connectivity index (χ3v) is 5.25. The first-order valence-corrected chi connectivity index (χ1v) is 10.0. The molecular weight excluding hydrogens is 435 g/mol. The Morgan fingerprint density at radius 3 is 2.64 bits per heavy atom. The number of hydrogen-bond acceptors (Lipinski definition) is 6. The fourth-order valence-electron chi connectivity index (χ4n) is 3.69. The molecule has 8 nitrogen and oxygen atoms in total. The molecule has 3 aromatic heterocycles. The molecule has 0 spiro atoms. The molecule has 0 bridgehead atoms. The second-order valence-electron chi connectivity index (χ2n) is 7.29. The maximum absolute atomic E-state index is 14.8. The van der Waals surface area contributed by atoms with Gasteiger partial charge in [-0.25, -0.2) is 33.1 Å². The van der Waals surface area contributed by atoms with Crippen LogP contribution in [0.3, 0.4) is 0 Å². The molecule has 0 fully saturated rings. The van der Waals surface area contributed by atoms with E-state index in [1.807, 2.05) is 6.92 Å². The van der Waals surface area contributed by atoms with Crippen molar-refractivity contribution in [2.24, 2.45) is 0 Å². The van der Waals surface area contributed by atoms with Crippen molar-refractivity contribution in [2.75, 3.05) is 5.32 Å². The van der Waals surface area contributed by atoms with Crippen LogP contribution in [0.2, 0.25) is 0 Å². The number of fused-ring (bicyclic) bond motifs is 2. The summed E-state index contributed by atoms with van der Waals surface area (Å²) in [7, 11) is 0. The van der Waals surface area contributed by atoms with Crippen molar-refractivity contribution in [3.63, 3.8) is 0 Å². The molecule has 1 atom stereocenters. The highest BCUT2D eigenvalue weighted by atomic mass is 19.1. The van der Waals surface area contributed by atoms with Crippen LogP contribution >= 0.6 is 0 Å². The Balaban J connectivity index is 1.75. The van der Waals surface area contributed by atoms with E-state index in [2.05, 4.69) is 30.2 Å². The number of nitrogens with zero attached hydrogens (tertiary/aromatic N) is 5. The van der Waals surface area contributed by atoms with Gasteiger partial charge in [-0.1, -0.05) is 6.92 Å². The predicted octanol–water partition coefficient (Wildman–Crippen LogP) is 4.03. The fourth-order valence-corrected chi connectivity index (χ4v) is 3.69. The molecular formula is C22H16F3N7O. The maximum Gasteiger partial charge on any atom is 0.266 e. The van der Waals surface area contributed by atoms with Crippen molar-refractivity contribution in [3.8, 4) is 5.69 Å². The minimum atomic E-state index is -0.956. The van der Waals surface area contributed by atoms with E-state index in [9.17, 15) is 18.0 Å². The van der Waals surface area contributed by atoms with E-state index in [0.717, 1.165) is 22.8 Å². The number of halogens is 3. The van der Waals surface area contributed by atoms with Gasteiger partial charge in [0.1, 0.15) is 35.1 Å². The van der Waals surface area contributed by atoms with Crippen molar-refractivity contribution >= 4 is 27.9 Å². The van der Waals surface area contributed by atoms with Crippen LogP contribution in [0.4, 0.5) is 19.0 Å². The fraction of sp³-hybridized carbons (Fsp3) is 0.136. The largest absolute Gasteiger partial charge is 0.358 e. The lowest BCUT2D eigenvalue weighted by atomic mass is 10.1. The second-order valence-corrected chi connectivity index (χ2v) is 7.29. The summed E-state index contributed by atoms with van der Waals surface area (Å²) in [5, 5.41) is 3.16. The first-order valence-electron chi connectivity index (χ1n) is 10.0. The van der Waals surface area contributed by atoms with Crippen molar-refractivity contribution in [2.45, 2.75) is 19.4 Å². The first kappa shape index (κ1) is 20.6. The van der Waals surface area contributed by atoms with Crippen LogP contribution in [0.25, 0.3) is 27.8 Å². The van der Waals surface area contributed by atoms with Crippen LogP contribution in [0.5, 0.6) is 0 Å². The molecule has 11 heteroatoms. The summed E-state index contributed by atoms with van der Waals surface area (Å²) in [6, 6.07) is 5.83. The molecule has 1 unspecified atom stereocenters. The Morgan fingerprint density at radius 2 is 1.85 bits per heavy atom. The van der Waals surface area contributed by atoms with Gasteiger partial charge in [-0.15, -0.1) is 0 Å². The van der Waals surface area contributed by atoms with Gasteiger partial charge in [-0.2, -0.15) is 0 Å².